The van der Waals surface area contributed by atoms with Crippen molar-refractivity contribution in [1.82, 2.24) is 19.7 Å². The van der Waals surface area contributed by atoms with Crippen molar-refractivity contribution in [3.05, 3.63) is 35.1 Å². The predicted molar refractivity (Wildman–Crippen MR) is 117 cm³/mol. The van der Waals surface area contributed by atoms with Gasteiger partial charge in [-0.25, -0.2) is 9.48 Å². The van der Waals surface area contributed by atoms with Crippen LogP contribution in [0.5, 0.6) is 11.8 Å². The van der Waals surface area contributed by atoms with Crippen LogP contribution in [0.1, 0.15) is 51.3 Å². The normalized spacial score (nSPS) is 23.0. The maximum atomic E-state index is 12.9. The first-order valence-electron chi connectivity index (χ1n) is 10.7. The van der Waals surface area contributed by atoms with E-state index in [0.29, 0.717) is 23.9 Å². The Labute approximate surface area is 192 Å². The molecule has 0 saturated carbocycles. The summed E-state index contributed by atoms with van der Waals surface area (Å²) >= 11 is 6.23. The summed E-state index contributed by atoms with van der Waals surface area (Å²) < 4.78 is 24.1. The largest absolute Gasteiger partial charge is 0.481 e. The molecular weight excluding hydrogens is 436 g/mol. The highest BCUT2D eigenvalue weighted by Crippen LogP contribution is 2.35. The summed E-state index contributed by atoms with van der Waals surface area (Å²) in [6.07, 6.45) is 5.16. The maximum absolute atomic E-state index is 12.9. The molecule has 174 valence electrons. The number of carbonyl (C=O) groups is 1. The Morgan fingerprint density at radius 1 is 1.34 bits per heavy atom. The second-order valence-corrected chi connectivity index (χ2v) is 9.45. The van der Waals surface area contributed by atoms with Crippen LogP contribution in [-0.4, -0.2) is 64.3 Å². The molecule has 0 radical (unpaired) electrons. The zero-order valence-corrected chi connectivity index (χ0v) is 19.5. The van der Waals surface area contributed by atoms with E-state index in [2.05, 4.69) is 10.1 Å². The number of halogens is 1. The highest BCUT2D eigenvalue weighted by molar-refractivity contribution is 6.31. The van der Waals surface area contributed by atoms with E-state index in [1.165, 1.54) is 7.11 Å². The first-order chi connectivity index (χ1) is 15.2. The molecule has 2 aliphatic heterocycles. The lowest BCUT2D eigenvalue weighted by atomic mass is 10.00. The van der Waals surface area contributed by atoms with Gasteiger partial charge in [0.25, 0.3) is 0 Å². The first kappa shape index (κ1) is 22.7. The molecule has 3 atom stereocenters. The number of pyridine rings is 1. The molecule has 2 unspecified atom stereocenters. The van der Waals surface area contributed by atoms with Crippen LogP contribution in [-0.2, 0) is 9.47 Å². The Morgan fingerprint density at radius 2 is 2.12 bits per heavy atom. The number of likely N-dealkylation sites (tertiary alicyclic amines) is 1. The fourth-order valence-corrected chi connectivity index (χ4v) is 3.97. The second kappa shape index (κ2) is 9.15. The van der Waals surface area contributed by atoms with E-state index in [1.54, 1.807) is 17.0 Å². The van der Waals surface area contributed by atoms with Crippen LogP contribution in [0.2, 0.25) is 5.02 Å². The van der Waals surface area contributed by atoms with Crippen LogP contribution in [0.4, 0.5) is 4.79 Å². The van der Waals surface area contributed by atoms with Gasteiger partial charge in [-0.15, -0.1) is 0 Å². The van der Waals surface area contributed by atoms with E-state index in [-0.39, 0.29) is 36.8 Å². The van der Waals surface area contributed by atoms with E-state index >= 15 is 0 Å². The van der Waals surface area contributed by atoms with E-state index in [1.807, 2.05) is 37.8 Å². The molecule has 32 heavy (non-hydrogen) atoms. The van der Waals surface area contributed by atoms with Crippen LogP contribution in [0.3, 0.4) is 0 Å². The van der Waals surface area contributed by atoms with Gasteiger partial charge >= 0.3 is 6.09 Å². The molecule has 4 heterocycles. The standard InChI is InChI=1S/C22H29ClN4O5/c1-22(2,3)32-21(28)26-11-14(15-10-24-27(12-15)19-7-8-30-19)9-16(26)13-31-20-17(23)5-6-18(25-20)29-4/h5-6,10,12,14,16,19H,7-9,11,13H2,1-4H3/t14?,16-,19?/m1/s1. The van der Waals surface area contributed by atoms with Crippen molar-refractivity contribution in [1.29, 1.82) is 0 Å². The van der Waals surface area contributed by atoms with Gasteiger partial charge in [-0.1, -0.05) is 11.6 Å². The van der Waals surface area contributed by atoms with Crippen molar-refractivity contribution >= 4 is 17.7 Å². The number of hydrogen-bond acceptors (Lipinski definition) is 7. The highest BCUT2D eigenvalue weighted by Gasteiger charge is 2.39. The minimum atomic E-state index is -0.593. The monoisotopic (exact) mass is 464 g/mol. The lowest BCUT2D eigenvalue weighted by molar-refractivity contribution is -0.106. The average molecular weight is 465 g/mol. The van der Waals surface area contributed by atoms with E-state index in [9.17, 15) is 4.79 Å². The van der Waals surface area contributed by atoms with Gasteiger partial charge in [0, 0.05) is 31.1 Å². The van der Waals surface area contributed by atoms with Gasteiger partial charge in [0.05, 0.1) is 26.0 Å². The minimum absolute atomic E-state index is 0.00696. The smallest absolute Gasteiger partial charge is 0.410 e. The summed E-state index contributed by atoms with van der Waals surface area (Å²) in [6.45, 7) is 7.07. The molecule has 2 aromatic heterocycles. The molecule has 0 spiro atoms. The first-order valence-corrected chi connectivity index (χ1v) is 11.1. The van der Waals surface area contributed by atoms with E-state index < -0.39 is 5.60 Å². The SMILES string of the molecule is COc1ccc(Cl)c(OC[C@H]2CC(c3cnn(C4CCO4)c3)CN2C(=O)OC(C)(C)C)n1. The van der Waals surface area contributed by atoms with Gasteiger partial charge in [-0.05, 0) is 38.8 Å². The Morgan fingerprint density at radius 3 is 2.78 bits per heavy atom. The van der Waals surface area contributed by atoms with Gasteiger partial charge < -0.3 is 23.8 Å². The topological polar surface area (TPSA) is 87.9 Å². The van der Waals surface area contributed by atoms with Crippen LogP contribution in [0, 0.1) is 0 Å². The Bertz CT molecular complexity index is 956. The van der Waals surface area contributed by atoms with Gasteiger partial charge in [0.15, 0.2) is 6.23 Å². The van der Waals surface area contributed by atoms with E-state index in [4.69, 9.17) is 30.5 Å². The van der Waals surface area contributed by atoms with Gasteiger partial charge in [-0.2, -0.15) is 10.1 Å². The number of nitrogens with zero attached hydrogens (tertiary/aromatic N) is 4. The molecular formula is C22H29ClN4O5. The van der Waals surface area contributed by atoms with Crippen LogP contribution in [0.25, 0.3) is 0 Å². The fourth-order valence-electron chi connectivity index (χ4n) is 3.81. The molecule has 2 fully saturated rings. The van der Waals surface area contributed by atoms with Crippen molar-refractivity contribution < 1.29 is 23.7 Å². The van der Waals surface area contributed by atoms with Gasteiger partial charge in [-0.3, -0.25) is 0 Å². The number of ether oxygens (including phenoxy) is 4. The third-order valence-electron chi connectivity index (χ3n) is 5.52. The zero-order valence-electron chi connectivity index (χ0n) is 18.8. The van der Waals surface area contributed by atoms with Crippen molar-refractivity contribution in [2.24, 2.45) is 0 Å². The third kappa shape index (κ3) is 5.10. The number of aromatic nitrogens is 3. The van der Waals surface area contributed by atoms with Crippen LogP contribution < -0.4 is 9.47 Å². The summed E-state index contributed by atoms with van der Waals surface area (Å²) in [6, 6.07) is 3.13. The van der Waals surface area contributed by atoms with Crippen LogP contribution in [0.15, 0.2) is 24.5 Å². The molecule has 2 aromatic rings. The number of methoxy groups -OCH3 is 1. The lowest BCUT2D eigenvalue weighted by Gasteiger charge is -2.28. The summed E-state index contributed by atoms with van der Waals surface area (Å²) in [5.74, 6) is 0.788. The molecule has 4 rings (SSSR count). The van der Waals surface area contributed by atoms with Gasteiger partial charge in [0.1, 0.15) is 17.2 Å². The second-order valence-electron chi connectivity index (χ2n) is 9.04. The summed E-state index contributed by atoms with van der Waals surface area (Å²) in [4.78, 5) is 18.9. The van der Waals surface area contributed by atoms with Crippen LogP contribution >= 0.6 is 11.6 Å². The Hall–Kier alpha value is -2.52. The molecule has 0 N–H and O–H groups in total. The predicted octanol–water partition coefficient (Wildman–Crippen LogP) is 4.03. The quantitative estimate of drug-likeness (QED) is 0.637. The van der Waals surface area contributed by atoms with Gasteiger partial charge in [0.2, 0.25) is 11.8 Å². The minimum Gasteiger partial charge on any atom is -0.481 e. The number of amides is 1. The molecule has 2 aliphatic rings. The molecule has 0 bridgehead atoms. The fraction of sp³-hybridized carbons (Fsp3) is 0.591. The molecule has 2 saturated heterocycles. The summed E-state index contributed by atoms with van der Waals surface area (Å²) in [5.41, 5.74) is 0.471. The van der Waals surface area contributed by atoms with E-state index in [0.717, 1.165) is 18.6 Å². The highest BCUT2D eigenvalue weighted by atomic mass is 35.5. The summed E-state index contributed by atoms with van der Waals surface area (Å²) in [5, 5.41) is 4.83. The molecule has 9 nitrogen and oxygen atoms in total. The molecule has 0 aliphatic carbocycles. The Kier molecular flexibility index (Phi) is 6.48. The van der Waals surface area contributed by atoms with Crippen molar-refractivity contribution in [3.63, 3.8) is 0 Å². The molecule has 10 heteroatoms. The molecule has 1 amide bonds. The van der Waals surface area contributed by atoms with Crippen molar-refractivity contribution in [2.75, 3.05) is 26.9 Å². The third-order valence-corrected chi connectivity index (χ3v) is 5.80. The lowest BCUT2D eigenvalue weighted by Crippen LogP contribution is -2.42. The number of rotatable bonds is 6. The zero-order chi connectivity index (χ0) is 22.9. The summed E-state index contributed by atoms with van der Waals surface area (Å²) in [7, 11) is 1.53. The number of hydrogen-bond donors (Lipinski definition) is 0. The van der Waals surface area contributed by atoms with Crippen molar-refractivity contribution in [3.8, 4) is 11.8 Å². The maximum Gasteiger partial charge on any atom is 0.410 e. The Balaban J connectivity index is 1.49. The average Bonchev–Trinajstić information content (AvgIpc) is 3.32. The molecule has 0 aromatic carbocycles. The van der Waals surface area contributed by atoms with Crippen molar-refractivity contribution in [2.45, 2.75) is 57.4 Å². The number of carbonyl (C=O) groups excluding carboxylic acids is 1.